The number of methoxy groups -OCH3 is 1. The standard InChI is InChI=1S/C15H16ClNO2/c1-10-7-12(16)4-6-14(10)17-9-11-3-5-13(19-2)8-15(11)18/h3-8,17-18H,9H2,1-2H3. The second-order valence-corrected chi connectivity index (χ2v) is 4.74. The van der Waals surface area contributed by atoms with E-state index >= 15 is 0 Å². The van der Waals surface area contributed by atoms with E-state index in [1.54, 1.807) is 13.2 Å². The smallest absolute Gasteiger partial charge is 0.124 e. The zero-order chi connectivity index (χ0) is 13.8. The summed E-state index contributed by atoms with van der Waals surface area (Å²) in [6.45, 7) is 2.53. The highest BCUT2D eigenvalue weighted by molar-refractivity contribution is 6.30. The van der Waals surface area contributed by atoms with Gasteiger partial charge in [-0.1, -0.05) is 11.6 Å². The van der Waals surface area contributed by atoms with Crippen molar-refractivity contribution in [3.05, 3.63) is 52.5 Å². The van der Waals surface area contributed by atoms with Crippen LogP contribution in [0.4, 0.5) is 5.69 Å². The summed E-state index contributed by atoms with van der Waals surface area (Å²) in [5, 5.41) is 13.9. The number of rotatable bonds is 4. The van der Waals surface area contributed by atoms with Gasteiger partial charge in [-0.3, -0.25) is 0 Å². The molecule has 19 heavy (non-hydrogen) atoms. The van der Waals surface area contributed by atoms with E-state index in [9.17, 15) is 5.11 Å². The van der Waals surface area contributed by atoms with Crippen molar-refractivity contribution in [2.45, 2.75) is 13.5 Å². The van der Waals surface area contributed by atoms with Crippen molar-refractivity contribution >= 4 is 17.3 Å². The average Bonchev–Trinajstić information content (AvgIpc) is 2.39. The fourth-order valence-electron chi connectivity index (χ4n) is 1.84. The summed E-state index contributed by atoms with van der Waals surface area (Å²) >= 11 is 5.91. The van der Waals surface area contributed by atoms with Gasteiger partial charge in [0.05, 0.1) is 7.11 Å². The fourth-order valence-corrected chi connectivity index (χ4v) is 2.06. The van der Waals surface area contributed by atoms with Gasteiger partial charge in [0.15, 0.2) is 0 Å². The Balaban J connectivity index is 2.10. The van der Waals surface area contributed by atoms with Gasteiger partial charge < -0.3 is 15.2 Å². The molecule has 0 saturated heterocycles. The number of hydrogen-bond donors (Lipinski definition) is 2. The predicted octanol–water partition coefficient (Wildman–Crippen LogP) is 3.97. The lowest BCUT2D eigenvalue weighted by Crippen LogP contribution is -2.01. The Hall–Kier alpha value is -1.87. The van der Waals surface area contributed by atoms with Crippen LogP contribution in [0.5, 0.6) is 11.5 Å². The van der Waals surface area contributed by atoms with Crippen LogP contribution in [0.2, 0.25) is 5.02 Å². The van der Waals surface area contributed by atoms with Crippen LogP contribution in [-0.4, -0.2) is 12.2 Å². The molecule has 0 aromatic heterocycles. The number of hydrogen-bond acceptors (Lipinski definition) is 3. The number of ether oxygens (including phenoxy) is 1. The Morgan fingerprint density at radius 1 is 1.21 bits per heavy atom. The van der Waals surface area contributed by atoms with E-state index in [-0.39, 0.29) is 5.75 Å². The SMILES string of the molecule is COc1ccc(CNc2ccc(Cl)cc2C)c(O)c1. The summed E-state index contributed by atoms with van der Waals surface area (Å²) in [6, 6.07) is 10.9. The maximum absolute atomic E-state index is 9.87. The highest BCUT2D eigenvalue weighted by atomic mass is 35.5. The molecule has 0 bridgehead atoms. The lowest BCUT2D eigenvalue weighted by molar-refractivity contribution is 0.406. The topological polar surface area (TPSA) is 41.5 Å². The van der Waals surface area contributed by atoms with Gasteiger partial charge in [0, 0.05) is 28.9 Å². The van der Waals surface area contributed by atoms with Gasteiger partial charge in [0.2, 0.25) is 0 Å². The molecule has 0 spiro atoms. The molecule has 100 valence electrons. The minimum atomic E-state index is 0.221. The molecule has 0 fully saturated rings. The third kappa shape index (κ3) is 3.32. The number of nitrogens with one attached hydrogen (secondary N) is 1. The number of benzene rings is 2. The second kappa shape index (κ2) is 5.85. The Labute approximate surface area is 117 Å². The predicted molar refractivity (Wildman–Crippen MR) is 78.2 cm³/mol. The van der Waals surface area contributed by atoms with Gasteiger partial charge in [-0.15, -0.1) is 0 Å². The van der Waals surface area contributed by atoms with Crippen LogP contribution in [-0.2, 0) is 6.54 Å². The molecule has 0 saturated carbocycles. The van der Waals surface area contributed by atoms with Crippen LogP contribution >= 0.6 is 11.6 Å². The van der Waals surface area contributed by atoms with Crippen LogP contribution in [0.15, 0.2) is 36.4 Å². The molecule has 4 heteroatoms. The molecular formula is C15H16ClNO2. The first-order valence-corrected chi connectivity index (χ1v) is 6.34. The van der Waals surface area contributed by atoms with E-state index < -0.39 is 0 Å². The highest BCUT2D eigenvalue weighted by Gasteiger charge is 2.04. The molecule has 0 amide bonds. The average molecular weight is 278 g/mol. The van der Waals surface area contributed by atoms with E-state index in [1.807, 2.05) is 37.3 Å². The molecule has 0 aliphatic heterocycles. The van der Waals surface area contributed by atoms with E-state index in [0.717, 1.165) is 21.8 Å². The number of aromatic hydroxyl groups is 1. The first kappa shape index (κ1) is 13.6. The molecule has 2 aromatic rings. The molecule has 0 radical (unpaired) electrons. The Morgan fingerprint density at radius 2 is 2.00 bits per heavy atom. The van der Waals surface area contributed by atoms with Crippen molar-refractivity contribution in [1.29, 1.82) is 0 Å². The Morgan fingerprint density at radius 3 is 2.63 bits per heavy atom. The fraction of sp³-hybridized carbons (Fsp3) is 0.200. The maximum atomic E-state index is 9.87. The second-order valence-electron chi connectivity index (χ2n) is 4.31. The zero-order valence-electron chi connectivity index (χ0n) is 10.9. The first-order chi connectivity index (χ1) is 9.10. The zero-order valence-corrected chi connectivity index (χ0v) is 11.7. The molecule has 0 heterocycles. The van der Waals surface area contributed by atoms with E-state index in [0.29, 0.717) is 12.3 Å². The van der Waals surface area contributed by atoms with Crippen LogP contribution in [0, 0.1) is 6.92 Å². The summed E-state index contributed by atoms with van der Waals surface area (Å²) in [5.41, 5.74) is 2.88. The molecule has 3 nitrogen and oxygen atoms in total. The lowest BCUT2D eigenvalue weighted by atomic mass is 10.1. The third-order valence-electron chi connectivity index (χ3n) is 2.95. The van der Waals surface area contributed by atoms with Gasteiger partial charge in [0.25, 0.3) is 0 Å². The quantitative estimate of drug-likeness (QED) is 0.888. The number of halogens is 1. The van der Waals surface area contributed by atoms with Crippen molar-refractivity contribution in [2.75, 3.05) is 12.4 Å². The maximum Gasteiger partial charge on any atom is 0.124 e. The summed E-state index contributed by atoms with van der Waals surface area (Å²) in [4.78, 5) is 0. The molecule has 2 aromatic carbocycles. The van der Waals surface area contributed by atoms with Crippen molar-refractivity contribution in [1.82, 2.24) is 0 Å². The van der Waals surface area contributed by atoms with Crippen molar-refractivity contribution in [3.63, 3.8) is 0 Å². The summed E-state index contributed by atoms with van der Waals surface area (Å²) in [7, 11) is 1.57. The van der Waals surface area contributed by atoms with Gasteiger partial charge in [0.1, 0.15) is 11.5 Å². The molecule has 0 atom stereocenters. The summed E-state index contributed by atoms with van der Waals surface area (Å²) in [5.74, 6) is 0.863. The Kier molecular flexibility index (Phi) is 4.17. The molecule has 2 rings (SSSR count). The number of phenols is 1. The molecule has 2 N–H and O–H groups in total. The van der Waals surface area contributed by atoms with E-state index in [1.165, 1.54) is 0 Å². The van der Waals surface area contributed by atoms with Crippen molar-refractivity contribution < 1.29 is 9.84 Å². The number of phenolic OH excluding ortho intramolecular Hbond substituents is 1. The van der Waals surface area contributed by atoms with Gasteiger partial charge in [-0.05, 0) is 42.8 Å². The molecule has 0 aliphatic carbocycles. The van der Waals surface area contributed by atoms with Crippen LogP contribution in [0.3, 0.4) is 0 Å². The third-order valence-corrected chi connectivity index (χ3v) is 3.19. The molecule has 0 aliphatic rings. The van der Waals surface area contributed by atoms with E-state index in [4.69, 9.17) is 16.3 Å². The van der Waals surface area contributed by atoms with Crippen molar-refractivity contribution in [2.24, 2.45) is 0 Å². The molecular weight excluding hydrogens is 262 g/mol. The highest BCUT2D eigenvalue weighted by Crippen LogP contribution is 2.25. The summed E-state index contributed by atoms with van der Waals surface area (Å²) in [6.07, 6.45) is 0. The van der Waals surface area contributed by atoms with Crippen molar-refractivity contribution in [3.8, 4) is 11.5 Å². The normalized spacial score (nSPS) is 10.3. The largest absolute Gasteiger partial charge is 0.507 e. The van der Waals surface area contributed by atoms with Gasteiger partial charge in [-0.2, -0.15) is 0 Å². The first-order valence-electron chi connectivity index (χ1n) is 5.96. The number of aryl methyl sites for hydroxylation is 1. The minimum absolute atomic E-state index is 0.221. The summed E-state index contributed by atoms with van der Waals surface area (Å²) < 4.78 is 5.05. The van der Waals surface area contributed by atoms with Crippen LogP contribution in [0.1, 0.15) is 11.1 Å². The molecule has 0 unspecified atom stereocenters. The minimum Gasteiger partial charge on any atom is -0.507 e. The van der Waals surface area contributed by atoms with E-state index in [2.05, 4.69) is 5.32 Å². The van der Waals surface area contributed by atoms with Gasteiger partial charge in [-0.25, -0.2) is 0 Å². The van der Waals surface area contributed by atoms with Crippen LogP contribution < -0.4 is 10.1 Å². The Bertz CT molecular complexity index is 584. The van der Waals surface area contributed by atoms with Gasteiger partial charge >= 0.3 is 0 Å². The lowest BCUT2D eigenvalue weighted by Gasteiger charge is -2.11. The van der Waals surface area contributed by atoms with Crippen LogP contribution in [0.25, 0.3) is 0 Å². The monoisotopic (exact) mass is 277 g/mol. The number of anilines is 1.